The Morgan fingerprint density at radius 3 is 2.46 bits per heavy atom. The van der Waals surface area contributed by atoms with E-state index in [0.717, 1.165) is 16.9 Å². The van der Waals surface area contributed by atoms with Gasteiger partial charge in [0, 0.05) is 37.0 Å². The molecule has 0 spiro atoms. The highest BCUT2D eigenvalue weighted by atomic mass is 32.2. The molecule has 146 valence electrons. The zero-order valence-electron chi connectivity index (χ0n) is 15.8. The topological polar surface area (TPSA) is 88.9 Å². The van der Waals surface area contributed by atoms with E-state index in [-0.39, 0.29) is 6.54 Å². The molecule has 0 aliphatic carbocycles. The molecule has 28 heavy (non-hydrogen) atoms. The first-order valence-corrected chi connectivity index (χ1v) is 10.4. The summed E-state index contributed by atoms with van der Waals surface area (Å²) in [7, 11) is -3.50. The molecule has 0 saturated heterocycles. The van der Waals surface area contributed by atoms with E-state index in [9.17, 15) is 8.42 Å². The van der Waals surface area contributed by atoms with Crippen LogP contribution in [-0.2, 0) is 10.0 Å². The molecule has 1 aromatic carbocycles. The van der Waals surface area contributed by atoms with Gasteiger partial charge in [-0.1, -0.05) is 29.8 Å². The largest absolute Gasteiger partial charge is 0.369 e. The van der Waals surface area contributed by atoms with Gasteiger partial charge in [0.25, 0.3) is 0 Å². The molecule has 0 radical (unpaired) electrons. The Kier molecular flexibility index (Phi) is 6.23. The third-order valence-corrected chi connectivity index (χ3v) is 5.05. The minimum Gasteiger partial charge on any atom is -0.369 e. The van der Waals surface area contributed by atoms with Gasteiger partial charge in [0.1, 0.15) is 17.5 Å². The third-order valence-electron chi connectivity index (χ3n) is 3.94. The van der Waals surface area contributed by atoms with Crippen molar-refractivity contribution in [3.05, 3.63) is 77.2 Å². The number of nitrogens with one attached hydrogen (secondary N) is 2. The predicted octanol–water partition coefficient (Wildman–Crippen LogP) is 2.89. The first kappa shape index (κ1) is 19.8. The molecule has 0 atom stereocenters. The number of anilines is 1. The summed E-state index contributed by atoms with van der Waals surface area (Å²) < 4.78 is 28.6. The van der Waals surface area contributed by atoms with Gasteiger partial charge in [0.05, 0.1) is 0 Å². The lowest BCUT2D eigenvalue weighted by atomic mass is 10.2. The summed E-state index contributed by atoms with van der Waals surface area (Å²) in [5.74, 6) is 2.03. The second-order valence-electron chi connectivity index (χ2n) is 6.33. The van der Waals surface area contributed by atoms with Crippen molar-refractivity contribution in [2.24, 2.45) is 0 Å². The molecule has 0 aliphatic rings. The van der Waals surface area contributed by atoms with Gasteiger partial charge in [-0.2, -0.15) is 0 Å². The molecule has 7 nitrogen and oxygen atoms in total. The summed E-state index contributed by atoms with van der Waals surface area (Å²) in [4.78, 5) is 8.73. The standard InChI is InChI=1S/C20H23N5O2S/c1-16-5-7-18(8-6-16)9-14-28(26,27)22-11-10-21-19-15-20(24-17(2)23-19)25-12-3-4-13-25/h3-9,12-15,22H,10-11H2,1-2H3,(H,21,23,24)/b14-9+. The summed E-state index contributed by atoms with van der Waals surface area (Å²) in [5, 5.41) is 4.30. The second-order valence-corrected chi connectivity index (χ2v) is 7.98. The van der Waals surface area contributed by atoms with Crippen molar-refractivity contribution < 1.29 is 8.42 Å². The fraction of sp³-hybridized carbons (Fsp3) is 0.200. The van der Waals surface area contributed by atoms with Crippen LogP contribution in [0.2, 0.25) is 0 Å². The molecule has 0 saturated carbocycles. The van der Waals surface area contributed by atoms with Gasteiger partial charge in [-0.15, -0.1) is 0 Å². The van der Waals surface area contributed by atoms with Gasteiger partial charge in [-0.3, -0.25) is 0 Å². The number of benzene rings is 1. The normalized spacial score (nSPS) is 11.8. The van der Waals surface area contributed by atoms with Crippen molar-refractivity contribution in [2.45, 2.75) is 13.8 Å². The fourth-order valence-corrected chi connectivity index (χ4v) is 3.36. The average molecular weight is 398 g/mol. The summed E-state index contributed by atoms with van der Waals surface area (Å²) in [5.41, 5.74) is 1.96. The van der Waals surface area contributed by atoms with Crippen LogP contribution in [0.15, 0.2) is 60.3 Å². The second kappa shape index (κ2) is 8.81. The quantitative estimate of drug-likeness (QED) is 0.571. The van der Waals surface area contributed by atoms with Crippen molar-refractivity contribution in [2.75, 3.05) is 18.4 Å². The lowest BCUT2D eigenvalue weighted by Gasteiger charge is -2.09. The molecule has 2 aromatic heterocycles. The molecule has 0 bridgehead atoms. The third kappa shape index (κ3) is 5.77. The molecule has 2 heterocycles. The first-order valence-electron chi connectivity index (χ1n) is 8.89. The van der Waals surface area contributed by atoms with E-state index in [0.29, 0.717) is 18.2 Å². The summed E-state index contributed by atoms with van der Waals surface area (Å²) in [6.07, 6.45) is 5.38. The van der Waals surface area contributed by atoms with Crippen LogP contribution in [0.25, 0.3) is 11.9 Å². The van der Waals surface area contributed by atoms with Crippen LogP contribution in [-0.4, -0.2) is 36.0 Å². The molecule has 0 amide bonds. The number of nitrogens with zero attached hydrogens (tertiary/aromatic N) is 3. The van der Waals surface area contributed by atoms with Crippen LogP contribution in [0, 0.1) is 13.8 Å². The van der Waals surface area contributed by atoms with Crippen molar-refractivity contribution in [3.8, 4) is 5.82 Å². The Morgan fingerprint density at radius 2 is 1.75 bits per heavy atom. The molecule has 8 heteroatoms. The number of aromatic nitrogens is 3. The lowest BCUT2D eigenvalue weighted by molar-refractivity contribution is 0.592. The highest BCUT2D eigenvalue weighted by molar-refractivity contribution is 7.92. The van der Waals surface area contributed by atoms with Crippen LogP contribution >= 0.6 is 0 Å². The average Bonchev–Trinajstić information content (AvgIpc) is 3.19. The summed E-state index contributed by atoms with van der Waals surface area (Å²) >= 11 is 0. The van der Waals surface area contributed by atoms with E-state index in [4.69, 9.17) is 0 Å². The smallest absolute Gasteiger partial charge is 0.233 e. The molecule has 2 N–H and O–H groups in total. The Balaban J connectivity index is 1.53. The van der Waals surface area contributed by atoms with Crippen molar-refractivity contribution >= 4 is 21.9 Å². The van der Waals surface area contributed by atoms with E-state index in [2.05, 4.69) is 20.0 Å². The summed E-state index contributed by atoms with van der Waals surface area (Å²) in [6.45, 7) is 4.44. The number of sulfonamides is 1. The van der Waals surface area contributed by atoms with Crippen LogP contribution in [0.3, 0.4) is 0 Å². The van der Waals surface area contributed by atoms with Gasteiger partial charge in [0.15, 0.2) is 0 Å². The van der Waals surface area contributed by atoms with Crippen molar-refractivity contribution in [1.82, 2.24) is 19.3 Å². The van der Waals surface area contributed by atoms with Crippen molar-refractivity contribution in [1.29, 1.82) is 0 Å². The Bertz CT molecular complexity index is 1040. The number of rotatable bonds is 8. The minimum atomic E-state index is -3.50. The predicted molar refractivity (Wildman–Crippen MR) is 112 cm³/mol. The highest BCUT2D eigenvalue weighted by Crippen LogP contribution is 2.11. The van der Waals surface area contributed by atoms with E-state index in [1.165, 1.54) is 5.41 Å². The van der Waals surface area contributed by atoms with Crippen LogP contribution in [0.1, 0.15) is 17.0 Å². The summed E-state index contributed by atoms with van der Waals surface area (Å²) in [6, 6.07) is 13.3. The van der Waals surface area contributed by atoms with Crippen LogP contribution in [0.4, 0.5) is 5.82 Å². The molecular formula is C20H23N5O2S. The zero-order valence-corrected chi connectivity index (χ0v) is 16.6. The fourth-order valence-electron chi connectivity index (χ4n) is 2.54. The molecule has 0 aliphatic heterocycles. The van der Waals surface area contributed by atoms with Gasteiger partial charge in [-0.25, -0.2) is 23.1 Å². The maximum Gasteiger partial charge on any atom is 0.233 e. The Labute approximate surface area is 165 Å². The van der Waals surface area contributed by atoms with Crippen molar-refractivity contribution in [3.63, 3.8) is 0 Å². The van der Waals surface area contributed by atoms with Gasteiger partial charge >= 0.3 is 0 Å². The van der Waals surface area contributed by atoms with Crippen LogP contribution < -0.4 is 10.0 Å². The van der Waals surface area contributed by atoms with E-state index in [1.807, 2.05) is 73.3 Å². The SMILES string of the molecule is Cc1ccc(/C=C/S(=O)(=O)NCCNc2cc(-n3cccc3)nc(C)n2)cc1. The molecular weight excluding hydrogens is 374 g/mol. The zero-order chi connectivity index (χ0) is 20.0. The Hall–Kier alpha value is -2.97. The maximum atomic E-state index is 12.1. The number of hydrogen-bond acceptors (Lipinski definition) is 5. The van der Waals surface area contributed by atoms with E-state index in [1.54, 1.807) is 6.08 Å². The molecule has 0 fully saturated rings. The van der Waals surface area contributed by atoms with E-state index >= 15 is 0 Å². The number of hydrogen-bond donors (Lipinski definition) is 2. The van der Waals surface area contributed by atoms with Gasteiger partial charge in [0.2, 0.25) is 10.0 Å². The van der Waals surface area contributed by atoms with E-state index < -0.39 is 10.0 Å². The molecule has 0 unspecified atom stereocenters. The first-order chi connectivity index (χ1) is 13.4. The van der Waals surface area contributed by atoms with Gasteiger partial charge in [-0.05, 0) is 37.6 Å². The Morgan fingerprint density at radius 1 is 1.04 bits per heavy atom. The number of aryl methyl sites for hydroxylation is 2. The molecule has 3 rings (SSSR count). The highest BCUT2D eigenvalue weighted by Gasteiger charge is 2.06. The van der Waals surface area contributed by atoms with Crippen LogP contribution in [0.5, 0.6) is 0 Å². The lowest BCUT2D eigenvalue weighted by Crippen LogP contribution is -2.27. The van der Waals surface area contributed by atoms with Gasteiger partial charge < -0.3 is 9.88 Å². The minimum absolute atomic E-state index is 0.239. The molecule has 3 aromatic rings. The maximum absolute atomic E-state index is 12.1. The monoisotopic (exact) mass is 397 g/mol.